The number of halogens is 3. The third kappa shape index (κ3) is 4.40. The van der Waals surface area contributed by atoms with Gasteiger partial charge in [-0.25, -0.2) is 4.98 Å². The molecule has 1 aromatic carbocycles. The van der Waals surface area contributed by atoms with Crippen molar-refractivity contribution in [1.82, 2.24) is 10.3 Å². The van der Waals surface area contributed by atoms with E-state index in [2.05, 4.69) is 10.3 Å². The lowest BCUT2D eigenvalue weighted by atomic mass is 9.90. The summed E-state index contributed by atoms with van der Waals surface area (Å²) in [6.45, 7) is 3.79. The van der Waals surface area contributed by atoms with Crippen LogP contribution in [0.5, 0.6) is 0 Å². The minimum absolute atomic E-state index is 0.0655. The Kier molecular flexibility index (Phi) is 5.89. The maximum atomic E-state index is 13.7. The number of hydrogen-bond acceptors (Lipinski definition) is 5. The fourth-order valence-electron chi connectivity index (χ4n) is 3.08. The molecule has 1 N–H and O–H groups in total. The van der Waals surface area contributed by atoms with E-state index in [4.69, 9.17) is 0 Å². The van der Waals surface area contributed by atoms with Crippen molar-refractivity contribution in [2.24, 2.45) is 0 Å². The molecule has 0 fully saturated rings. The lowest BCUT2D eigenvalue weighted by Crippen LogP contribution is -2.41. The van der Waals surface area contributed by atoms with Crippen LogP contribution in [0.1, 0.15) is 40.0 Å². The number of nitrogens with zero attached hydrogens (tertiary/aromatic N) is 2. The maximum Gasteiger partial charge on any atom is 0.417 e. The smallest absolute Gasteiger partial charge is 0.370 e. The van der Waals surface area contributed by atoms with Gasteiger partial charge in [0.2, 0.25) is 5.78 Å². The van der Waals surface area contributed by atoms with Crippen molar-refractivity contribution in [3.05, 3.63) is 68.7 Å². The number of benzene rings is 1. The second-order valence-electron chi connectivity index (χ2n) is 6.68. The van der Waals surface area contributed by atoms with Crippen molar-refractivity contribution >= 4 is 22.8 Å². The minimum Gasteiger partial charge on any atom is -0.370 e. The Morgan fingerprint density at radius 2 is 2.14 bits per heavy atom. The van der Waals surface area contributed by atoms with Gasteiger partial charge < -0.3 is 5.32 Å². The zero-order valence-electron chi connectivity index (χ0n) is 15.8. The van der Waals surface area contributed by atoms with Crippen LogP contribution in [0.2, 0.25) is 0 Å². The molecule has 0 aliphatic carbocycles. The number of thiazole rings is 1. The molecule has 150 valence electrons. The first-order valence-corrected chi connectivity index (χ1v) is 9.88. The van der Waals surface area contributed by atoms with Gasteiger partial charge in [-0.2, -0.15) is 18.4 Å². The van der Waals surface area contributed by atoms with Crippen LogP contribution >= 0.6 is 11.3 Å². The van der Waals surface area contributed by atoms with Crippen LogP contribution in [0, 0.1) is 18.3 Å². The molecule has 0 amide bonds. The van der Waals surface area contributed by atoms with Gasteiger partial charge in [-0.1, -0.05) is 30.7 Å². The number of Topliss-reactive ketones (excluding diaryl/α,β-unsaturated/α-hetero) is 1. The van der Waals surface area contributed by atoms with Crippen LogP contribution in [0.3, 0.4) is 0 Å². The lowest BCUT2D eigenvalue weighted by molar-refractivity contribution is -0.0891. The Labute approximate surface area is 170 Å². The summed E-state index contributed by atoms with van der Waals surface area (Å²) >= 11 is 1.29. The van der Waals surface area contributed by atoms with Gasteiger partial charge in [-0.05, 0) is 37.5 Å². The predicted molar refractivity (Wildman–Crippen MR) is 105 cm³/mol. The molecule has 0 spiro atoms. The van der Waals surface area contributed by atoms with Crippen LogP contribution in [0.15, 0.2) is 46.9 Å². The Morgan fingerprint density at radius 1 is 1.38 bits per heavy atom. The van der Waals surface area contributed by atoms with E-state index in [-0.39, 0.29) is 11.4 Å². The van der Waals surface area contributed by atoms with Crippen molar-refractivity contribution in [2.75, 3.05) is 0 Å². The van der Waals surface area contributed by atoms with Crippen LogP contribution in [-0.2, 0) is 6.42 Å². The van der Waals surface area contributed by atoms with E-state index in [1.807, 2.05) is 19.9 Å². The van der Waals surface area contributed by atoms with E-state index < -0.39 is 29.1 Å². The Morgan fingerprint density at radius 3 is 2.76 bits per heavy atom. The number of carbonyl (C=O) groups is 1. The van der Waals surface area contributed by atoms with Gasteiger partial charge in [0.1, 0.15) is 11.7 Å². The van der Waals surface area contributed by atoms with Gasteiger partial charge in [-0.3, -0.25) is 4.79 Å². The number of rotatable bonds is 5. The Bertz CT molecular complexity index is 1040. The molecule has 0 radical (unpaired) electrons. The SMILES string of the molecule is CCCc1nc(C(=O)C2NC(c3cccc(C)c3)=CC(C(F)(F)F)=C2C#N)cs1. The van der Waals surface area contributed by atoms with E-state index in [0.717, 1.165) is 23.1 Å². The van der Waals surface area contributed by atoms with Crippen LogP contribution in [0.4, 0.5) is 13.2 Å². The highest BCUT2D eigenvalue weighted by Gasteiger charge is 2.42. The number of dihydropyridines is 1. The summed E-state index contributed by atoms with van der Waals surface area (Å²) < 4.78 is 41.1. The molecule has 0 bridgehead atoms. The van der Waals surface area contributed by atoms with E-state index >= 15 is 0 Å². The summed E-state index contributed by atoms with van der Waals surface area (Å²) in [4.78, 5) is 17.2. The first-order valence-electron chi connectivity index (χ1n) is 9.00. The van der Waals surface area contributed by atoms with Crippen molar-refractivity contribution in [3.8, 4) is 6.07 Å². The maximum absolute atomic E-state index is 13.7. The fourth-order valence-corrected chi connectivity index (χ4v) is 3.97. The second-order valence-corrected chi connectivity index (χ2v) is 7.63. The number of nitrogens with one attached hydrogen (secondary N) is 1. The van der Waals surface area contributed by atoms with Gasteiger partial charge >= 0.3 is 6.18 Å². The van der Waals surface area contributed by atoms with Crippen molar-refractivity contribution in [1.29, 1.82) is 5.26 Å². The second kappa shape index (κ2) is 8.21. The summed E-state index contributed by atoms with van der Waals surface area (Å²) in [7, 11) is 0. The molecule has 29 heavy (non-hydrogen) atoms. The standard InChI is InChI=1S/C21H18F3N3OS/c1-3-5-18-26-17(11-29-18)20(28)19-14(10-25)15(21(22,23)24)9-16(27-19)13-7-4-6-12(2)8-13/h4,6-9,11,19,27H,3,5H2,1-2H3. The number of ketones is 1. The molecule has 8 heteroatoms. The third-order valence-corrected chi connectivity index (χ3v) is 5.36. The first-order chi connectivity index (χ1) is 13.7. The number of aromatic nitrogens is 1. The van der Waals surface area contributed by atoms with E-state index in [9.17, 15) is 23.2 Å². The highest BCUT2D eigenvalue weighted by molar-refractivity contribution is 7.09. The van der Waals surface area contributed by atoms with Crippen LogP contribution < -0.4 is 5.32 Å². The van der Waals surface area contributed by atoms with Gasteiger partial charge in [0.15, 0.2) is 0 Å². The van der Waals surface area contributed by atoms with Crippen molar-refractivity contribution < 1.29 is 18.0 Å². The molecule has 0 saturated carbocycles. The third-order valence-electron chi connectivity index (χ3n) is 4.45. The van der Waals surface area contributed by atoms with Gasteiger partial charge in [0.05, 0.1) is 22.2 Å². The normalized spacial score (nSPS) is 16.8. The molecule has 4 nitrogen and oxygen atoms in total. The predicted octanol–water partition coefficient (Wildman–Crippen LogP) is 4.98. The zero-order valence-corrected chi connectivity index (χ0v) is 16.6. The minimum atomic E-state index is -4.77. The highest BCUT2D eigenvalue weighted by atomic mass is 32.1. The molecular weight excluding hydrogens is 399 g/mol. The van der Waals surface area contributed by atoms with E-state index in [1.165, 1.54) is 16.7 Å². The highest BCUT2D eigenvalue weighted by Crippen LogP contribution is 2.36. The number of nitriles is 1. The Hall–Kier alpha value is -2.92. The van der Waals surface area contributed by atoms with Gasteiger partial charge in [-0.15, -0.1) is 11.3 Å². The number of alkyl halides is 3. The molecule has 2 heterocycles. The number of carbonyl (C=O) groups excluding carboxylic acids is 1. The summed E-state index contributed by atoms with van der Waals surface area (Å²) in [5.74, 6) is -0.653. The molecule has 2 aromatic rings. The zero-order chi connectivity index (χ0) is 21.2. The number of aryl methyl sites for hydroxylation is 2. The topological polar surface area (TPSA) is 65.8 Å². The van der Waals surface area contributed by atoms with Crippen LogP contribution in [-0.4, -0.2) is 23.0 Å². The quantitative estimate of drug-likeness (QED) is 0.697. The lowest BCUT2D eigenvalue weighted by Gasteiger charge is -2.27. The molecule has 1 unspecified atom stereocenters. The summed E-state index contributed by atoms with van der Waals surface area (Å²) in [6.07, 6.45) is -2.36. The molecule has 1 atom stereocenters. The number of allylic oxidation sites excluding steroid dienone is 2. The largest absolute Gasteiger partial charge is 0.417 e. The molecule has 1 aliphatic rings. The van der Waals surface area contributed by atoms with E-state index in [1.54, 1.807) is 24.3 Å². The fraction of sp³-hybridized carbons (Fsp3) is 0.286. The first kappa shape index (κ1) is 20.8. The van der Waals surface area contributed by atoms with Gasteiger partial charge in [0.25, 0.3) is 0 Å². The average molecular weight is 417 g/mol. The van der Waals surface area contributed by atoms with Crippen LogP contribution in [0.25, 0.3) is 5.70 Å². The average Bonchev–Trinajstić information content (AvgIpc) is 3.14. The summed E-state index contributed by atoms with van der Waals surface area (Å²) in [5.41, 5.74) is -0.188. The van der Waals surface area contributed by atoms with Crippen molar-refractivity contribution in [2.45, 2.75) is 38.9 Å². The molecular formula is C21H18F3N3OS. The summed E-state index contributed by atoms with van der Waals surface area (Å²) in [6, 6.07) is 7.04. The monoisotopic (exact) mass is 417 g/mol. The van der Waals surface area contributed by atoms with Gasteiger partial charge in [0, 0.05) is 11.1 Å². The Balaban J connectivity index is 2.08. The van der Waals surface area contributed by atoms with Crippen molar-refractivity contribution in [3.63, 3.8) is 0 Å². The number of hydrogen-bond donors (Lipinski definition) is 1. The molecule has 0 saturated heterocycles. The molecule has 3 rings (SSSR count). The summed E-state index contributed by atoms with van der Waals surface area (Å²) in [5, 5.41) is 14.5. The molecule has 1 aliphatic heterocycles. The molecule has 1 aromatic heterocycles. The van der Waals surface area contributed by atoms with E-state index in [0.29, 0.717) is 12.0 Å².